The summed E-state index contributed by atoms with van der Waals surface area (Å²) in [7, 11) is 0. The Labute approximate surface area is 94.2 Å². The number of piperidine rings is 1. The molecule has 15 heavy (non-hydrogen) atoms. The lowest BCUT2D eigenvalue weighted by atomic mass is 9.96. The van der Waals surface area contributed by atoms with E-state index in [1.54, 1.807) is 0 Å². The van der Waals surface area contributed by atoms with E-state index in [1.165, 1.54) is 58.2 Å². The van der Waals surface area contributed by atoms with Crippen LogP contribution in [0.15, 0.2) is 0 Å². The van der Waals surface area contributed by atoms with Crippen molar-refractivity contribution in [2.24, 2.45) is 17.6 Å². The molecule has 2 aliphatic rings. The molecule has 2 fully saturated rings. The SMILES string of the molecule is CC1CCN(CCC2CCCC2N)CC1. The van der Waals surface area contributed by atoms with Gasteiger partial charge in [-0.25, -0.2) is 0 Å². The molecule has 1 aliphatic carbocycles. The van der Waals surface area contributed by atoms with Crippen molar-refractivity contribution >= 4 is 0 Å². The Bertz CT molecular complexity index is 185. The van der Waals surface area contributed by atoms with Gasteiger partial charge in [-0.2, -0.15) is 0 Å². The quantitative estimate of drug-likeness (QED) is 0.774. The molecule has 2 atom stereocenters. The first-order valence-electron chi connectivity index (χ1n) is 6.73. The maximum Gasteiger partial charge on any atom is 0.00676 e. The highest BCUT2D eigenvalue weighted by atomic mass is 15.1. The summed E-state index contributed by atoms with van der Waals surface area (Å²) in [5, 5.41) is 0. The summed E-state index contributed by atoms with van der Waals surface area (Å²) in [4.78, 5) is 2.64. The molecule has 0 radical (unpaired) electrons. The van der Waals surface area contributed by atoms with E-state index in [9.17, 15) is 0 Å². The molecule has 0 aromatic rings. The molecule has 2 rings (SSSR count). The summed E-state index contributed by atoms with van der Waals surface area (Å²) in [6.45, 7) is 6.32. The lowest BCUT2D eigenvalue weighted by molar-refractivity contribution is 0.179. The lowest BCUT2D eigenvalue weighted by Gasteiger charge is -2.31. The van der Waals surface area contributed by atoms with Crippen LogP contribution < -0.4 is 5.73 Å². The summed E-state index contributed by atoms with van der Waals surface area (Å²) in [6.07, 6.45) is 8.15. The monoisotopic (exact) mass is 210 g/mol. The van der Waals surface area contributed by atoms with Crippen LogP contribution in [-0.2, 0) is 0 Å². The molecular formula is C13H26N2. The van der Waals surface area contributed by atoms with Gasteiger partial charge < -0.3 is 10.6 Å². The van der Waals surface area contributed by atoms with Gasteiger partial charge in [0.25, 0.3) is 0 Å². The second-order valence-corrected chi connectivity index (χ2v) is 5.67. The lowest BCUT2D eigenvalue weighted by Crippen LogP contribution is -2.35. The summed E-state index contributed by atoms with van der Waals surface area (Å²) < 4.78 is 0. The number of nitrogens with zero attached hydrogens (tertiary/aromatic N) is 1. The average Bonchev–Trinajstić information content (AvgIpc) is 2.63. The minimum Gasteiger partial charge on any atom is -0.327 e. The van der Waals surface area contributed by atoms with Crippen molar-refractivity contribution in [1.29, 1.82) is 0 Å². The topological polar surface area (TPSA) is 29.3 Å². The fraction of sp³-hybridized carbons (Fsp3) is 1.00. The van der Waals surface area contributed by atoms with Crippen molar-refractivity contribution in [2.45, 2.75) is 51.5 Å². The van der Waals surface area contributed by atoms with Gasteiger partial charge in [-0.05, 0) is 63.6 Å². The van der Waals surface area contributed by atoms with Gasteiger partial charge in [0.05, 0.1) is 0 Å². The van der Waals surface area contributed by atoms with Crippen LogP contribution in [0, 0.1) is 11.8 Å². The molecule has 2 heteroatoms. The number of likely N-dealkylation sites (tertiary alicyclic amines) is 1. The molecule has 0 amide bonds. The third-order valence-corrected chi connectivity index (χ3v) is 4.41. The van der Waals surface area contributed by atoms with Gasteiger partial charge in [-0.3, -0.25) is 0 Å². The van der Waals surface area contributed by atoms with E-state index in [4.69, 9.17) is 5.73 Å². The van der Waals surface area contributed by atoms with E-state index in [-0.39, 0.29) is 0 Å². The minimum atomic E-state index is 0.508. The molecule has 1 heterocycles. The number of hydrogen-bond donors (Lipinski definition) is 1. The second kappa shape index (κ2) is 5.31. The van der Waals surface area contributed by atoms with Crippen LogP contribution >= 0.6 is 0 Å². The molecule has 0 bridgehead atoms. The fourth-order valence-corrected chi connectivity index (χ4v) is 3.06. The molecular weight excluding hydrogens is 184 g/mol. The van der Waals surface area contributed by atoms with Crippen LogP contribution in [0.3, 0.4) is 0 Å². The van der Waals surface area contributed by atoms with Gasteiger partial charge >= 0.3 is 0 Å². The molecule has 0 spiro atoms. The van der Waals surface area contributed by atoms with Gasteiger partial charge in [0.2, 0.25) is 0 Å². The molecule has 1 saturated heterocycles. The summed E-state index contributed by atoms with van der Waals surface area (Å²) in [5.41, 5.74) is 6.10. The van der Waals surface area contributed by atoms with Crippen molar-refractivity contribution in [2.75, 3.05) is 19.6 Å². The predicted octanol–water partition coefficient (Wildman–Crippen LogP) is 2.24. The Hall–Kier alpha value is -0.0800. The maximum atomic E-state index is 6.10. The first-order valence-corrected chi connectivity index (χ1v) is 6.73. The van der Waals surface area contributed by atoms with Crippen LogP contribution in [0.1, 0.15) is 45.4 Å². The zero-order valence-electron chi connectivity index (χ0n) is 10.1. The summed E-state index contributed by atoms with van der Waals surface area (Å²) in [5.74, 6) is 1.78. The third-order valence-electron chi connectivity index (χ3n) is 4.41. The highest BCUT2D eigenvalue weighted by Gasteiger charge is 2.24. The van der Waals surface area contributed by atoms with Crippen molar-refractivity contribution in [3.63, 3.8) is 0 Å². The van der Waals surface area contributed by atoms with E-state index in [2.05, 4.69) is 11.8 Å². The van der Waals surface area contributed by atoms with Gasteiger partial charge in [0, 0.05) is 6.04 Å². The molecule has 1 saturated carbocycles. The maximum absolute atomic E-state index is 6.10. The molecule has 0 aromatic heterocycles. The Morgan fingerprint density at radius 2 is 1.87 bits per heavy atom. The number of nitrogens with two attached hydrogens (primary N) is 1. The summed E-state index contributed by atoms with van der Waals surface area (Å²) in [6, 6.07) is 0.508. The van der Waals surface area contributed by atoms with E-state index < -0.39 is 0 Å². The van der Waals surface area contributed by atoms with Gasteiger partial charge in [-0.15, -0.1) is 0 Å². The van der Waals surface area contributed by atoms with Crippen molar-refractivity contribution < 1.29 is 0 Å². The first kappa shape index (κ1) is 11.4. The van der Waals surface area contributed by atoms with Gasteiger partial charge in [0.1, 0.15) is 0 Å². The van der Waals surface area contributed by atoms with Crippen LogP contribution in [0.5, 0.6) is 0 Å². The van der Waals surface area contributed by atoms with Crippen LogP contribution in [0.25, 0.3) is 0 Å². The molecule has 2 N–H and O–H groups in total. The molecule has 2 nitrogen and oxygen atoms in total. The largest absolute Gasteiger partial charge is 0.327 e. The van der Waals surface area contributed by atoms with Crippen molar-refractivity contribution in [3.05, 3.63) is 0 Å². The Morgan fingerprint density at radius 3 is 2.47 bits per heavy atom. The van der Waals surface area contributed by atoms with Crippen LogP contribution in [-0.4, -0.2) is 30.6 Å². The minimum absolute atomic E-state index is 0.508. The van der Waals surface area contributed by atoms with Crippen LogP contribution in [0.4, 0.5) is 0 Å². The van der Waals surface area contributed by atoms with E-state index in [0.29, 0.717) is 6.04 Å². The zero-order chi connectivity index (χ0) is 10.7. The number of rotatable bonds is 3. The highest BCUT2D eigenvalue weighted by molar-refractivity contribution is 4.81. The molecule has 1 aliphatic heterocycles. The second-order valence-electron chi connectivity index (χ2n) is 5.67. The van der Waals surface area contributed by atoms with Gasteiger partial charge in [-0.1, -0.05) is 13.3 Å². The Morgan fingerprint density at radius 1 is 1.13 bits per heavy atom. The predicted molar refractivity (Wildman–Crippen MR) is 64.8 cm³/mol. The number of hydrogen-bond acceptors (Lipinski definition) is 2. The average molecular weight is 210 g/mol. The van der Waals surface area contributed by atoms with Gasteiger partial charge in [0.15, 0.2) is 0 Å². The standard InChI is InChI=1S/C13H26N2/c1-11-5-8-15(9-6-11)10-7-12-3-2-4-13(12)14/h11-13H,2-10,14H2,1H3. The normalized spacial score (nSPS) is 34.8. The van der Waals surface area contributed by atoms with Crippen molar-refractivity contribution in [3.8, 4) is 0 Å². The molecule has 0 aromatic carbocycles. The van der Waals surface area contributed by atoms with E-state index in [0.717, 1.165) is 11.8 Å². The van der Waals surface area contributed by atoms with E-state index >= 15 is 0 Å². The zero-order valence-corrected chi connectivity index (χ0v) is 10.1. The highest BCUT2D eigenvalue weighted by Crippen LogP contribution is 2.27. The summed E-state index contributed by atoms with van der Waals surface area (Å²) >= 11 is 0. The fourth-order valence-electron chi connectivity index (χ4n) is 3.06. The van der Waals surface area contributed by atoms with E-state index in [1.807, 2.05) is 0 Å². The molecule has 88 valence electrons. The Balaban J connectivity index is 1.65. The van der Waals surface area contributed by atoms with Crippen LogP contribution in [0.2, 0.25) is 0 Å². The smallest absolute Gasteiger partial charge is 0.00676 e. The Kier molecular flexibility index (Phi) is 4.04. The first-order chi connectivity index (χ1) is 7.25. The molecule has 2 unspecified atom stereocenters. The third kappa shape index (κ3) is 3.18. The van der Waals surface area contributed by atoms with Crippen molar-refractivity contribution in [1.82, 2.24) is 4.90 Å².